The molecular weight excluding hydrogens is 248 g/mol. The van der Waals surface area contributed by atoms with Gasteiger partial charge in [0.1, 0.15) is 6.29 Å². The van der Waals surface area contributed by atoms with Crippen molar-refractivity contribution >= 4 is 16.1 Å². The minimum Gasteiger partial charge on any atom is -0.303 e. The normalized spacial score (nSPS) is 11.8. The topological polar surface area (TPSA) is 51.2 Å². The Bertz CT molecular complexity index is 475. The average molecular weight is 266 g/mol. The van der Waals surface area contributed by atoms with Gasteiger partial charge in [-0.25, -0.2) is 8.42 Å². The van der Waals surface area contributed by atoms with Crippen LogP contribution < -0.4 is 0 Å². The molecule has 0 radical (unpaired) electrons. The lowest BCUT2D eigenvalue weighted by Gasteiger charge is -2.00. The molecule has 3 nitrogen and oxygen atoms in total. The predicted octanol–water partition coefficient (Wildman–Crippen LogP) is 2.78. The van der Waals surface area contributed by atoms with E-state index in [2.05, 4.69) is 0 Å². The van der Waals surface area contributed by atoms with E-state index in [1.807, 2.05) is 6.08 Å². The van der Waals surface area contributed by atoms with Gasteiger partial charge in [-0.05, 0) is 31.4 Å². The molecule has 0 heterocycles. The number of hydrogen-bond donors (Lipinski definition) is 0. The van der Waals surface area contributed by atoms with E-state index in [0.29, 0.717) is 11.3 Å². The summed E-state index contributed by atoms with van der Waals surface area (Å²) in [6, 6.07) is 8.44. The smallest absolute Gasteiger partial charge is 0.181 e. The lowest BCUT2D eigenvalue weighted by molar-refractivity contribution is -0.107. The molecule has 0 spiro atoms. The van der Waals surface area contributed by atoms with Crippen molar-refractivity contribution in [2.24, 2.45) is 0 Å². The van der Waals surface area contributed by atoms with Crippen LogP contribution in [0.3, 0.4) is 0 Å². The Kier molecular flexibility index (Phi) is 6.36. The zero-order valence-corrected chi connectivity index (χ0v) is 11.1. The van der Waals surface area contributed by atoms with Crippen LogP contribution in [-0.2, 0) is 14.6 Å². The Labute approximate surface area is 108 Å². The van der Waals surface area contributed by atoms with Crippen LogP contribution in [0.5, 0.6) is 0 Å². The molecule has 1 rings (SSSR count). The largest absolute Gasteiger partial charge is 0.303 e. The van der Waals surface area contributed by atoms with E-state index >= 15 is 0 Å². The number of unbranched alkanes of at least 4 members (excludes halogenated alkanes) is 3. The van der Waals surface area contributed by atoms with Crippen LogP contribution in [0, 0.1) is 0 Å². The third kappa shape index (κ3) is 5.27. The molecule has 0 fully saturated rings. The Hall–Kier alpha value is -1.42. The van der Waals surface area contributed by atoms with Gasteiger partial charge in [0.15, 0.2) is 9.84 Å². The van der Waals surface area contributed by atoms with Crippen LogP contribution in [0.2, 0.25) is 0 Å². The first-order valence-corrected chi connectivity index (χ1v) is 7.68. The quantitative estimate of drug-likeness (QED) is 0.413. The van der Waals surface area contributed by atoms with Crippen LogP contribution in [0.25, 0.3) is 0 Å². The molecule has 4 heteroatoms. The lowest BCUT2D eigenvalue weighted by Crippen LogP contribution is -2.04. The monoisotopic (exact) mass is 266 g/mol. The highest BCUT2D eigenvalue weighted by atomic mass is 32.2. The Morgan fingerprint density at radius 3 is 2.28 bits per heavy atom. The van der Waals surface area contributed by atoms with Crippen LogP contribution in [-0.4, -0.2) is 20.5 Å². The Balaban J connectivity index is 2.38. The molecule has 0 bridgehead atoms. The van der Waals surface area contributed by atoms with E-state index in [1.165, 1.54) is 0 Å². The van der Waals surface area contributed by atoms with Gasteiger partial charge < -0.3 is 4.79 Å². The van der Waals surface area contributed by atoms with E-state index in [9.17, 15) is 13.2 Å². The molecule has 98 valence electrons. The summed E-state index contributed by atoms with van der Waals surface area (Å²) >= 11 is 0. The van der Waals surface area contributed by atoms with Crippen molar-refractivity contribution in [2.45, 2.75) is 30.6 Å². The van der Waals surface area contributed by atoms with Gasteiger partial charge in [0.2, 0.25) is 0 Å². The highest BCUT2D eigenvalue weighted by Crippen LogP contribution is 2.10. The average Bonchev–Trinajstić information content (AvgIpc) is 2.39. The number of carbonyl (C=O) groups is 1. The SMILES string of the molecule is O=CCCCC/C=C/CS(=O)(=O)c1ccccc1. The first kappa shape index (κ1) is 14.6. The van der Waals surface area contributed by atoms with E-state index < -0.39 is 9.84 Å². The summed E-state index contributed by atoms with van der Waals surface area (Å²) in [5.41, 5.74) is 0. The Morgan fingerprint density at radius 2 is 1.61 bits per heavy atom. The standard InChI is InChI=1S/C14H18O3S/c15-12-8-3-1-2-4-9-13-18(16,17)14-10-6-5-7-11-14/h4-7,9-12H,1-3,8,13H2/b9-4+. The number of carbonyl (C=O) groups excluding carboxylic acids is 1. The first-order chi connectivity index (χ1) is 8.67. The van der Waals surface area contributed by atoms with E-state index in [0.717, 1.165) is 25.5 Å². The van der Waals surface area contributed by atoms with Gasteiger partial charge in [-0.1, -0.05) is 30.4 Å². The highest BCUT2D eigenvalue weighted by molar-refractivity contribution is 7.91. The number of allylic oxidation sites excluding steroid dienone is 1. The molecule has 0 aliphatic carbocycles. The number of sulfone groups is 1. The molecular formula is C14H18O3S. The molecule has 0 unspecified atom stereocenters. The van der Waals surface area contributed by atoms with Crippen molar-refractivity contribution in [2.75, 3.05) is 5.75 Å². The molecule has 0 atom stereocenters. The van der Waals surface area contributed by atoms with E-state index in [-0.39, 0.29) is 5.75 Å². The maximum atomic E-state index is 11.9. The number of benzene rings is 1. The van der Waals surface area contributed by atoms with Gasteiger partial charge in [0, 0.05) is 6.42 Å². The molecule has 0 saturated heterocycles. The zero-order chi connectivity index (χ0) is 13.3. The number of aldehydes is 1. The minimum absolute atomic E-state index is 0.0324. The first-order valence-electron chi connectivity index (χ1n) is 6.03. The van der Waals surface area contributed by atoms with Gasteiger partial charge in [-0.2, -0.15) is 0 Å². The highest BCUT2D eigenvalue weighted by Gasteiger charge is 2.10. The van der Waals surface area contributed by atoms with Gasteiger partial charge in [0.05, 0.1) is 10.6 Å². The van der Waals surface area contributed by atoms with Crippen molar-refractivity contribution in [3.63, 3.8) is 0 Å². The zero-order valence-electron chi connectivity index (χ0n) is 10.3. The summed E-state index contributed by atoms with van der Waals surface area (Å²) in [6.07, 6.45) is 7.63. The second-order valence-corrected chi connectivity index (χ2v) is 6.05. The molecule has 1 aromatic rings. The molecule has 0 aliphatic heterocycles. The summed E-state index contributed by atoms with van der Waals surface area (Å²) in [4.78, 5) is 10.4. The molecule has 0 amide bonds. The van der Waals surface area contributed by atoms with Gasteiger partial charge in [-0.3, -0.25) is 0 Å². The van der Waals surface area contributed by atoms with Crippen LogP contribution in [0.4, 0.5) is 0 Å². The van der Waals surface area contributed by atoms with E-state index in [4.69, 9.17) is 0 Å². The molecule has 0 aliphatic rings. The van der Waals surface area contributed by atoms with E-state index in [1.54, 1.807) is 36.4 Å². The van der Waals surface area contributed by atoms with Gasteiger partial charge in [-0.15, -0.1) is 0 Å². The van der Waals surface area contributed by atoms with Crippen LogP contribution in [0.1, 0.15) is 25.7 Å². The van der Waals surface area contributed by atoms with Crippen molar-refractivity contribution in [1.82, 2.24) is 0 Å². The van der Waals surface area contributed by atoms with Gasteiger partial charge >= 0.3 is 0 Å². The van der Waals surface area contributed by atoms with Crippen molar-refractivity contribution in [1.29, 1.82) is 0 Å². The number of rotatable bonds is 8. The summed E-state index contributed by atoms with van der Waals surface area (Å²) in [7, 11) is -3.20. The molecule has 0 N–H and O–H groups in total. The maximum absolute atomic E-state index is 11.9. The summed E-state index contributed by atoms with van der Waals surface area (Å²) in [5.74, 6) is 0.0324. The van der Waals surface area contributed by atoms with Crippen LogP contribution in [0.15, 0.2) is 47.4 Å². The van der Waals surface area contributed by atoms with Crippen molar-refractivity contribution in [3.05, 3.63) is 42.5 Å². The molecule has 0 aromatic heterocycles. The molecule has 18 heavy (non-hydrogen) atoms. The Morgan fingerprint density at radius 1 is 0.944 bits per heavy atom. The predicted molar refractivity (Wildman–Crippen MR) is 72.2 cm³/mol. The fourth-order valence-electron chi connectivity index (χ4n) is 1.53. The summed E-state index contributed by atoms with van der Waals surface area (Å²) in [6.45, 7) is 0. The lowest BCUT2D eigenvalue weighted by atomic mass is 10.2. The summed E-state index contributed by atoms with van der Waals surface area (Å²) < 4.78 is 23.7. The third-order valence-corrected chi connectivity index (χ3v) is 4.15. The van der Waals surface area contributed by atoms with Gasteiger partial charge in [0.25, 0.3) is 0 Å². The third-order valence-electron chi connectivity index (χ3n) is 2.53. The molecule has 1 aromatic carbocycles. The van der Waals surface area contributed by atoms with Crippen LogP contribution >= 0.6 is 0 Å². The number of hydrogen-bond acceptors (Lipinski definition) is 3. The maximum Gasteiger partial charge on any atom is 0.181 e. The van der Waals surface area contributed by atoms with Crippen molar-refractivity contribution in [3.8, 4) is 0 Å². The van der Waals surface area contributed by atoms with Crippen molar-refractivity contribution < 1.29 is 13.2 Å². The fraction of sp³-hybridized carbons (Fsp3) is 0.357. The minimum atomic E-state index is -3.20. The second-order valence-electron chi connectivity index (χ2n) is 4.02. The summed E-state index contributed by atoms with van der Waals surface area (Å²) in [5, 5.41) is 0. The second kappa shape index (κ2) is 7.82. The fourth-order valence-corrected chi connectivity index (χ4v) is 2.68. The molecule has 0 saturated carbocycles.